The van der Waals surface area contributed by atoms with Gasteiger partial charge in [0.05, 0.1) is 11.7 Å². The summed E-state index contributed by atoms with van der Waals surface area (Å²) >= 11 is 6.10. The smallest absolute Gasteiger partial charge is 0.223 e. The Kier molecular flexibility index (Phi) is 6.48. The van der Waals surface area contributed by atoms with Crippen LogP contribution >= 0.6 is 11.6 Å². The van der Waals surface area contributed by atoms with Gasteiger partial charge < -0.3 is 10.2 Å². The SMILES string of the molecule is Cc1cc(N2CCC(C(=O)N[C@H](C)c3ccccc3)CC2)n2nc(C)c(-c3ccc(Cl)cc3)c2n1. The molecule has 1 N–H and O–H groups in total. The summed E-state index contributed by atoms with van der Waals surface area (Å²) in [4.78, 5) is 20.1. The van der Waals surface area contributed by atoms with E-state index in [1.165, 1.54) is 0 Å². The van der Waals surface area contributed by atoms with E-state index in [0.29, 0.717) is 5.02 Å². The number of halogens is 1. The second-order valence-corrected chi connectivity index (χ2v) is 9.80. The molecular weight excluding hydrogens is 458 g/mol. The second-order valence-electron chi connectivity index (χ2n) is 9.36. The number of carbonyl (C=O) groups excluding carboxylic acids is 1. The zero-order valence-electron chi connectivity index (χ0n) is 20.3. The molecule has 7 heteroatoms. The van der Waals surface area contributed by atoms with Crippen LogP contribution in [0.15, 0.2) is 60.7 Å². The Hall–Kier alpha value is -3.38. The van der Waals surface area contributed by atoms with E-state index in [1.807, 2.05) is 67.8 Å². The van der Waals surface area contributed by atoms with Crippen molar-refractivity contribution in [3.63, 3.8) is 0 Å². The number of anilines is 1. The fourth-order valence-electron chi connectivity index (χ4n) is 4.93. The van der Waals surface area contributed by atoms with E-state index in [2.05, 4.69) is 28.4 Å². The zero-order valence-corrected chi connectivity index (χ0v) is 21.1. The fraction of sp³-hybridized carbons (Fsp3) is 0.321. The molecule has 0 saturated carbocycles. The molecule has 1 atom stereocenters. The minimum absolute atomic E-state index is 0.00235. The molecule has 0 spiro atoms. The summed E-state index contributed by atoms with van der Waals surface area (Å²) in [5.74, 6) is 1.17. The maximum atomic E-state index is 13.0. The van der Waals surface area contributed by atoms with E-state index < -0.39 is 0 Å². The normalized spacial score (nSPS) is 15.4. The van der Waals surface area contributed by atoms with E-state index in [9.17, 15) is 4.79 Å². The van der Waals surface area contributed by atoms with E-state index in [1.54, 1.807) is 0 Å². The van der Waals surface area contributed by atoms with Gasteiger partial charge in [-0.3, -0.25) is 4.79 Å². The number of amides is 1. The molecule has 2 aromatic carbocycles. The summed E-state index contributed by atoms with van der Waals surface area (Å²) in [7, 11) is 0. The number of piperidine rings is 1. The van der Waals surface area contributed by atoms with Gasteiger partial charge in [-0.25, -0.2) is 4.98 Å². The summed E-state index contributed by atoms with van der Waals surface area (Å²) in [6.45, 7) is 7.67. The molecule has 180 valence electrons. The minimum atomic E-state index is 0.00235. The highest BCUT2D eigenvalue weighted by Gasteiger charge is 2.28. The maximum Gasteiger partial charge on any atom is 0.223 e. The summed E-state index contributed by atoms with van der Waals surface area (Å²) in [5.41, 5.74) is 5.91. The van der Waals surface area contributed by atoms with E-state index >= 15 is 0 Å². The van der Waals surface area contributed by atoms with Gasteiger partial charge in [-0.2, -0.15) is 9.61 Å². The predicted molar refractivity (Wildman–Crippen MR) is 141 cm³/mol. The van der Waals surface area contributed by atoms with Gasteiger partial charge in [-0.05, 0) is 56.9 Å². The van der Waals surface area contributed by atoms with Crippen LogP contribution in [0.5, 0.6) is 0 Å². The standard InChI is InChI=1S/C28H30ClN5O/c1-18-17-25(34-27(30-18)26(20(3)32-34)22-9-11-24(29)12-10-22)33-15-13-23(14-16-33)28(35)31-19(2)21-7-5-4-6-8-21/h4-12,17,19,23H,13-16H2,1-3H3,(H,31,35)/t19-/m1/s1. The molecular formula is C28H30ClN5O. The van der Waals surface area contributed by atoms with Crippen LogP contribution in [0, 0.1) is 19.8 Å². The molecule has 0 aliphatic carbocycles. The molecule has 2 aromatic heterocycles. The number of nitrogens with zero attached hydrogens (tertiary/aromatic N) is 4. The Morgan fingerprint density at radius 1 is 1.06 bits per heavy atom. The Labute approximate surface area is 210 Å². The van der Waals surface area contributed by atoms with Crippen LogP contribution in [-0.2, 0) is 4.79 Å². The first-order valence-electron chi connectivity index (χ1n) is 12.1. The third kappa shape index (κ3) is 4.76. The first-order chi connectivity index (χ1) is 16.9. The summed E-state index contributed by atoms with van der Waals surface area (Å²) in [5, 5.41) is 8.76. The molecule has 1 amide bonds. The van der Waals surface area contributed by atoms with Gasteiger partial charge in [0.1, 0.15) is 5.82 Å². The number of carbonyl (C=O) groups is 1. The largest absolute Gasteiger partial charge is 0.356 e. The summed E-state index contributed by atoms with van der Waals surface area (Å²) in [6.07, 6.45) is 1.61. The predicted octanol–water partition coefficient (Wildman–Crippen LogP) is 5.76. The Bertz CT molecular complexity index is 1340. The highest BCUT2D eigenvalue weighted by molar-refractivity contribution is 6.30. The summed E-state index contributed by atoms with van der Waals surface area (Å²) < 4.78 is 1.95. The third-order valence-corrected chi connectivity index (χ3v) is 7.11. The number of hydrogen-bond donors (Lipinski definition) is 1. The quantitative estimate of drug-likeness (QED) is 0.388. The highest BCUT2D eigenvalue weighted by atomic mass is 35.5. The van der Waals surface area contributed by atoms with Crippen molar-refractivity contribution in [2.24, 2.45) is 5.92 Å². The van der Waals surface area contributed by atoms with Gasteiger partial charge in [0.2, 0.25) is 5.91 Å². The first-order valence-corrected chi connectivity index (χ1v) is 12.5. The lowest BCUT2D eigenvalue weighted by Gasteiger charge is -2.33. The molecule has 4 aromatic rings. The van der Waals surface area contributed by atoms with Crippen LogP contribution in [0.1, 0.15) is 42.8 Å². The molecule has 0 radical (unpaired) electrons. The van der Waals surface area contributed by atoms with Crippen molar-refractivity contribution in [1.29, 1.82) is 0 Å². The number of hydrogen-bond acceptors (Lipinski definition) is 4. The number of rotatable bonds is 5. The van der Waals surface area contributed by atoms with E-state index in [4.69, 9.17) is 21.7 Å². The van der Waals surface area contributed by atoms with Crippen LogP contribution < -0.4 is 10.2 Å². The number of fused-ring (bicyclic) bond motifs is 1. The van der Waals surface area contributed by atoms with Crippen LogP contribution in [0.25, 0.3) is 16.8 Å². The van der Waals surface area contributed by atoms with Crippen LogP contribution in [0.4, 0.5) is 5.82 Å². The molecule has 1 aliphatic rings. The molecule has 1 fully saturated rings. The molecule has 0 bridgehead atoms. The van der Waals surface area contributed by atoms with Crippen LogP contribution in [0.3, 0.4) is 0 Å². The fourth-order valence-corrected chi connectivity index (χ4v) is 5.06. The Morgan fingerprint density at radius 3 is 2.43 bits per heavy atom. The average Bonchev–Trinajstić information content (AvgIpc) is 3.20. The van der Waals surface area contributed by atoms with Gasteiger partial charge >= 0.3 is 0 Å². The maximum absolute atomic E-state index is 13.0. The topological polar surface area (TPSA) is 62.5 Å². The Balaban J connectivity index is 1.34. The number of aryl methyl sites for hydroxylation is 2. The molecule has 1 saturated heterocycles. The van der Waals surface area contributed by atoms with Gasteiger partial charge in [-0.1, -0.05) is 54.1 Å². The lowest BCUT2D eigenvalue weighted by atomic mass is 9.95. The number of benzene rings is 2. The van der Waals surface area contributed by atoms with Crippen LogP contribution in [0.2, 0.25) is 5.02 Å². The third-order valence-electron chi connectivity index (χ3n) is 6.85. The average molecular weight is 488 g/mol. The molecule has 0 unspecified atom stereocenters. The van der Waals surface area contributed by atoms with Crippen molar-refractivity contribution in [3.05, 3.63) is 82.6 Å². The van der Waals surface area contributed by atoms with Crippen molar-refractivity contribution in [2.45, 2.75) is 39.7 Å². The van der Waals surface area contributed by atoms with Crippen molar-refractivity contribution in [3.8, 4) is 11.1 Å². The first kappa shape index (κ1) is 23.4. The highest BCUT2D eigenvalue weighted by Crippen LogP contribution is 2.32. The Morgan fingerprint density at radius 2 is 1.74 bits per heavy atom. The molecule has 3 heterocycles. The lowest BCUT2D eigenvalue weighted by Crippen LogP contribution is -2.41. The molecule has 6 nitrogen and oxygen atoms in total. The molecule has 5 rings (SSSR count). The number of nitrogens with one attached hydrogen (secondary N) is 1. The zero-order chi connectivity index (χ0) is 24.5. The van der Waals surface area contributed by atoms with Crippen molar-refractivity contribution >= 4 is 29.0 Å². The van der Waals surface area contributed by atoms with Crippen molar-refractivity contribution < 1.29 is 4.79 Å². The van der Waals surface area contributed by atoms with E-state index in [0.717, 1.165) is 65.5 Å². The second kappa shape index (κ2) is 9.70. The van der Waals surface area contributed by atoms with Gasteiger partial charge in [0, 0.05) is 41.4 Å². The van der Waals surface area contributed by atoms with Gasteiger partial charge in [0.25, 0.3) is 0 Å². The van der Waals surface area contributed by atoms with Crippen LogP contribution in [-0.4, -0.2) is 33.6 Å². The van der Waals surface area contributed by atoms with Gasteiger partial charge in [-0.15, -0.1) is 0 Å². The van der Waals surface area contributed by atoms with E-state index in [-0.39, 0.29) is 17.9 Å². The summed E-state index contributed by atoms with van der Waals surface area (Å²) in [6, 6.07) is 20.0. The monoisotopic (exact) mass is 487 g/mol. The van der Waals surface area contributed by atoms with Crippen molar-refractivity contribution in [2.75, 3.05) is 18.0 Å². The number of aromatic nitrogens is 3. The molecule has 35 heavy (non-hydrogen) atoms. The van der Waals surface area contributed by atoms with Crippen molar-refractivity contribution in [1.82, 2.24) is 19.9 Å². The molecule has 1 aliphatic heterocycles. The van der Waals surface area contributed by atoms with Gasteiger partial charge in [0.15, 0.2) is 5.65 Å². The lowest BCUT2D eigenvalue weighted by molar-refractivity contribution is -0.126. The minimum Gasteiger partial charge on any atom is -0.356 e.